The van der Waals surface area contributed by atoms with E-state index in [-0.39, 0.29) is 22.8 Å². The Morgan fingerprint density at radius 1 is 1.18 bits per heavy atom. The summed E-state index contributed by atoms with van der Waals surface area (Å²) in [6, 6.07) is 0. The van der Waals surface area contributed by atoms with E-state index < -0.39 is 0 Å². The monoisotopic (exact) mass is 355 g/mol. The Kier molecular flexibility index (Phi) is 7.72. The second-order valence-corrected chi connectivity index (χ2v) is 5.86. The summed E-state index contributed by atoms with van der Waals surface area (Å²) in [6.45, 7) is 0. The molecule has 0 aliphatic heterocycles. The van der Waals surface area contributed by atoms with Gasteiger partial charge < -0.3 is 6.15 Å². The van der Waals surface area contributed by atoms with Gasteiger partial charge in [-0.05, 0) is 0 Å². The van der Waals surface area contributed by atoms with Gasteiger partial charge in [-0.3, -0.25) is 0 Å². The Labute approximate surface area is 81.1 Å². The van der Waals surface area contributed by atoms with Gasteiger partial charge in [0.1, 0.15) is 0 Å². The van der Waals surface area contributed by atoms with Gasteiger partial charge in [-0.25, -0.2) is 0 Å². The molecule has 0 radical (unpaired) electrons. The summed E-state index contributed by atoms with van der Waals surface area (Å²) in [5, 5.41) is 0. The predicted octanol–water partition coefficient (Wildman–Crippen LogP) is 3.36. The van der Waals surface area contributed by atoms with E-state index in [1.807, 2.05) is 0 Å². The summed E-state index contributed by atoms with van der Waals surface area (Å²) in [6.07, 6.45) is 10.6. The van der Waals surface area contributed by atoms with Gasteiger partial charge in [0.05, 0.1) is 0 Å². The van der Waals surface area contributed by atoms with Gasteiger partial charge in [0.2, 0.25) is 0 Å². The third-order valence-electron chi connectivity index (χ3n) is 1.81. The molecule has 0 amide bonds. The zero-order chi connectivity index (χ0) is 7.23. The fourth-order valence-electron chi connectivity index (χ4n) is 1.21. The van der Waals surface area contributed by atoms with Crippen molar-refractivity contribution in [3.8, 4) is 0 Å². The summed E-state index contributed by atoms with van der Waals surface area (Å²) < 4.78 is 1.60. The molecule has 0 aromatic rings. The molecule has 11 heavy (non-hydrogen) atoms. The predicted molar refractivity (Wildman–Crippen MR) is 48.1 cm³/mol. The summed E-state index contributed by atoms with van der Waals surface area (Å²) in [5.41, 5.74) is 0. The van der Waals surface area contributed by atoms with Gasteiger partial charge in [-0.2, -0.15) is 0 Å². The van der Waals surface area contributed by atoms with Gasteiger partial charge in [0.25, 0.3) is 0 Å². The molecule has 0 aromatic heterocycles. The molecule has 0 atom stereocenters. The van der Waals surface area contributed by atoms with Gasteiger partial charge in [-0.15, -0.1) is 0 Å². The molecule has 1 rings (SSSR count). The van der Waals surface area contributed by atoms with Gasteiger partial charge in [0, 0.05) is 0 Å². The van der Waals surface area contributed by atoms with E-state index in [9.17, 15) is 0 Å². The van der Waals surface area contributed by atoms with Gasteiger partial charge >= 0.3 is 75.0 Å². The van der Waals surface area contributed by atoms with Crippen LogP contribution in [-0.2, 0) is 16.7 Å². The zero-order valence-corrected chi connectivity index (χ0v) is 10.1. The topological polar surface area (TPSA) is 35.0 Å². The Bertz CT molecular complexity index is 125. The number of rotatable bonds is 1. The number of halogens is 1. The molecule has 70 valence electrons. The first-order valence-corrected chi connectivity index (χ1v) is 8.28. The number of hydrogen-bond acceptors (Lipinski definition) is 1. The van der Waals surface area contributed by atoms with Crippen LogP contribution in [0.4, 0.5) is 0 Å². The molecule has 0 bridgehead atoms. The minimum atomic E-state index is -0.336. The summed E-state index contributed by atoms with van der Waals surface area (Å²) in [4.78, 5) is 0. The molecule has 0 unspecified atom stereocenters. The number of hydrogen-bond donors (Lipinski definition) is 1. The number of allylic oxidation sites excluding steroid dienone is 2. The van der Waals surface area contributed by atoms with E-state index in [0.29, 0.717) is 0 Å². The van der Waals surface area contributed by atoms with Crippen LogP contribution in [0.5, 0.6) is 0 Å². The maximum atomic E-state index is 5.88. The molecule has 0 heterocycles. The van der Waals surface area contributed by atoms with Crippen molar-refractivity contribution in [1.29, 1.82) is 0 Å². The molecule has 0 spiro atoms. The first kappa shape index (κ1) is 11.6. The minimum absolute atomic E-state index is 0. The van der Waals surface area contributed by atoms with Crippen LogP contribution >= 0.6 is 9.58 Å². The van der Waals surface area contributed by atoms with Crippen molar-refractivity contribution in [1.82, 2.24) is 6.15 Å². The van der Waals surface area contributed by atoms with Crippen LogP contribution in [0.25, 0.3) is 0 Å². The van der Waals surface area contributed by atoms with Crippen molar-refractivity contribution >= 4 is 9.58 Å². The molecular formula is C8H17ClIrN. The van der Waals surface area contributed by atoms with Crippen molar-refractivity contribution < 1.29 is 16.7 Å². The maximum absolute atomic E-state index is 5.88. The van der Waals surface area contributed by atoms with Gasteiger partial charge in [-0.1, -0.05) is 0 Å². The Morgan fingerprint density at radius 3 is 2.64 bits per heavy atom. The standard InChI is InChI=1S/C8H13.ClH.Ir.H3N.H/c1-2-4-6-8-7-5-3-1;;;;/h1H,2,4-8H2;1H;;1H3;/q;;+1;;/p-1. The van der Waals surface area contributed by atoms with Crippen LogP contribution in [0.3, 0.4) is 0 Å². The summed E-state index contributed by atoms with van der Waals surface area (Å²) >= 11 is -0.336. The third-order valence-corrected chi connectivity index (χ3v) is 4.99. The molecule has 0 saturated carbocycles. The fraction of sp³-hybridized carbons (Fsp3) is 0.750. The van der Waals surface area contributed by atoms with Crippen LogP contribution in [0.2, 0.25) is 0 Å². The van der Waals surface area contributed by atoms with Crippen LogP contribution < -0.4 is 6.15 Å². The van der Waals surface area contributed by atoms with Crippen molar-refractivity contribution in [2.45, 2.75) is 38.5 Å². The zero-order valence-electron chi connectivity index (χ0n) is 6.76. The van der Waals surface area contributed by atoms with Crippen LogP contribution in [0.15, 0.2) is 10.2 Å². The Balaban J connectivity index is 0.000001000. The van der Waals surface area contributed by atoms with E-state index in [4.69, 9.17) is 9.58 Å². The van der Waals surface area contributed by atoms with E-state index in [2.05, 4.69) is 6.08 Å². The molecule has 1 nitrogen and oxygen atoms in total. The fourth-order valence-corrected chi connectivity index (χ4v) is 3.45. The van der Waals surface area contributed by atoms with Crippen molar-refractivity contribution in [3.05, 3.63) is 10.2 Å². The Morgan fingerprint density at radius 2 is 1.91 bits per heavy atom. The van der Waals surface area contributed by atoms with E-state index >= 15 is 0 Å². The second-order valence-electron chi connectivity index (χ2n) is 2.66. The average Bonchev–Trinajstić information content (AvgIpc) is 1.87. The molecule has 1 aliphatic rings. The van der Waals surface area contributed by atoms with Crippen molar-refractivity contribution in [3.63, 3.8) is 0 Å². The molecule has 1 aliphatic carbocycles. The van der Waals surface area contributed by atoms with Crippen molar-refractivity contribution in [2.75, 3.05) is 0 Å². The molecule has 0 aromatic carbocycles. The third kappa shape index (κ3) is 4.97. The summed E-state index contributed by atoms with van der Waals surface area (Å²) in [7, 11) is 5.88. The average molecular weight is 355 g/mol. The quantitative estimate of drug-likeness (QED) is 0.770. The first-order chi connectivity index (χ1) is 4.93. The molecular weight excluding hydrogens is 338 g/mol. The van der Waals surface area contributed by atoms with Crippen LogP contribution in [-0.4, -0.2) is 0 Å². The van der Waals surface area contributed by atoms with E-state index in [1.54, 1.807) is 4.09 Å². The van der Waals surface area contributed by atoms with Crippen LogP contribution in [0.1, 0.15) is 38.5 Å². The van der Waals surface area contributed by atoms with Crippen molar-refractivity contribution in [2.24, 2.45) is 0 Å². The molecule has 3 N–H and O–H groups in total. The first-order valence-electron chi connectivity index (χ1n) is 3.86. The van der Waals surface area contributed by atoms with E-state index in [0.717, 1.165) is 0 Å². The normalized spacial score (nSPS) is 24.3. The van der Waals surface area contributed by atoms with E-state index in [1.165, 1.54) is 38.5 Å². The van der Waals surface area contributed by atoms with Crippen LogP contribution in [0, 0.1) is 0 Å². The van der Waals surface area contributed by atoms with Gasteiger partial charge in [0.15, 0.2) is 0 Å². The SMILES string of the molecule is N.[Cl][IrH]/[C]1=C/CCCCCC1. The summed E-state index contributed by atoms with van der Waals surface area (Å²) in [5.74, 6) is 0. The molecule has 0 saturated heterocycles. The molecule has 3 heteroatoms. The molecule has 0 fully saturated rings. The second kappa shape index (κ2) is 7.30. The Hall–Kier alpha value is 0.639.